The van der Waals surface area contributed by atoms with Crippen molar-refractivity contribution < 1.29 is 19.5 Å². The lowest BCUT2D eigenvalue weighted by Gasteiger charge is -2.22. The monoisotopic (exact) mass is 610 g/mol. The van der Waals surface area contributed by atoms with Gasteiger partial charge in [0.1, 0.15) is 0 Å². The topological polar surface area (TPSA) is 109 Å². The summed E-state index contributed by atoms with van der Waals surface area (Å²) in [5.41, 5.74) is 6.07. The van der Waals surface area contributed by atoms with Crippen molar-refractivity contribution in [3.05, 3.63) is 32.2 Å². The van der Waals surface area contributed by atoms with Crippen molar-refractivity contribution in [3.8, 4) is 0 Å². The van der Waals surface area contributed by atoms with E-state index in [0.717, 1.165) is 32.2 Å². The van der Waals surface area contributed by atoms with E-state index < -0.39 is 6.04 Å². The van der Waals surface area contributed by atoms with Crippen LogP contribution in [0.4, 0.5) is 0 Å². The Kier molecular flexibility index (Phi) is 20.2. The maximum Gasteiger partial charge on any atom is 0.223 e. The fourth-order valence-corrected chi connectivity index (χ4v) is 4.85. The number of nitrogens with one attached hydrogen (secondary N) is 1. The molecule has 0 heterocycles. The number of hydrogen-bond donors (Lipinski definition) is 3. The van der Waals surface area contributed by atoms with Gasteiger partial charge in [0.15, 0.2) is 5.78 Å². The summed E-state index contributed by atoms with van der Waals surface area (Å²) in [6.07, 6.45) is 3.65. The lowest BCUT2D eigenvalue weighted by Crippen LogP contribution is -2.44. The predicted molar refractivity (Wildman–Crippen MR) is 146 cm³/mol. The van der Waals surface area contributed by atoms with Crippen LogP contribution in [0.15, 0.2) is 21.1 Å². The number of nitrogens with two attached hydrogens (primary N) is 1. The number of ketones is 1. The molecule has 9 heteroatoms. The molecule has 4 N–H and O–H groups in total. The van der Waals surface area contributed by atoms with Gasteiger partial charge in [-0.2, -0.15) is 11.8 Å². The summed E-state index contributed by atoms with van der Waals surface area (Å²) in [6.45, 7) is 11.2. The fraction of sp³-hybridized carbons (Fsp3) is 0.625. The minimum absolute atomic E-state index is 0.00716. The first-order valence-electron chi connectivity index (χ1n) is 11.1. The van der Waals surface area contributed by atoms with Gasteiger partial charge in [0, 0.05) is 28.2 Å². The smallest absolute Gasteiger partial charge is 0.223 e. The van der Waals surface area contributed by atoms with Gasteiger partial charge in [0.25, 0.3) is 0 Å². The van der Waals surface area contributed by atoms with Crippen LogP contribution in [0.5, 0.6) is 0 Å². The van der Waals surface area contributed by atoms with Crippen molar-refractivity contribution >= 4 is 61.2 Å². The van der Waals surface area contributed by atoms with Gasteiger partial charge in [-0.1, -0.05) is 66.5 Å². The Balaban J connectivity index is 0. The quantitative estimate of drug-likeness (QED) is 0.316. The average Bonchev–Trinajstić information content (AvgIpc) is 2.74. The average molecular weight is 612 g/mol. The third kappa shape index (κ3) is 15.6. The Morgan fingerprint density at radius 3 is 2.00 bits per heavy atom. The first-order chi connectivity index (χ1) is 15.4. The Labute approximate surface area is 220 Å². The van der Waals surface area contributed by atoms with Crippen molar-refractivity contribution in [2.75, 3.05) is 12.0 Å². The number of thioether (sulfide) groups is 1. The van der Waals surface area contributed by atoms with Crippen LogP contribution in [-0.2, 0) is 27.4 Å². The number of Topliss-reactive ketones (excluding diaryl/α,β-unsaturated/α-hetero) is 1. The highest BCUT2D eigenvalue weighted by Gasteiger charge is 2.25. The summed E-state index contributed by atoms with van der Waals surface area (Å²) in [7, 11) is 0. The molecule has 0 radical (unpaired) electrons. The summed E-state index contributed by atoms with van der Waals surface area (Å²) in [6, 6.07) is 3.13. The molecule has 0 fully saturated rings. The highest BCUT2D eigenvalue weighted by Crippen LogP contribution is 2.29. The van der Waals surface area contributed by atoms with E-state index >= 15 is 0 Å². The second-order valence-electron chi connectivity index (χ2n) is 7.82. The predicted octanol–water partition coefficient (Wildman–Crippen LogP) is 5.25. The highest BCUT2D eigenvalue weighted by molar-refractivity contribution is 9.11. The van der Waals surface area contributed by atoms with Crippen LogP contribution in [-0.4, -0.2) is 40.8 Å². The third-order valence-corrected chi connectivity index (χ3v) is 6.41. The summed E-state index contributed by atoms with van der Waals surface area (Å²) in [4.78, 5) is 34.7. The summed E-state index contributed by atoms with van der Waals surface area (Å²) >= 11 is 8.69. The Hall–Kier alpha value is -0.900. The third-order valence-electron chi connectivity index (χ3n) is 4.35. The molecule has 190 valence electrons. The minimum Gasteiger partial charge on any atom is -0.392 e. The highest BCUT2D eigenvalue weighted by atomic mass is 79.9. The molecule has 33 heavy (non-hydrogen) atoms. The number of halogens is 2. The van der Waals surface area contributed by atoms with E-state index in [1.165, 1.54) is 6.92 Å². The first-order valence-corrected chi connectivity index (χ1v) is 14.1. The molecule has 2 unspecified atom stereocenters. The molecule has 1 rings (SSSR count). The maximum atomic E-state index is 13.0. The maximum absolute atomic E-state index is 13.0. The van der Waals surface area contributed by atoms with Crippen LogP contribution in [0.2, 0.25) is 0 Å². The summed E-state index contributed by atoms with van der Waals surface area (Å²) in [5.74, 6) is 0.713. The second kappa shape index (κ2) is 19.4. The normalized spacial score (nSPS) is 12.0. The number of benzene rings is 1. The summed E-state index contributed by atoms with van der Waals surface area (Å²) < 4.78 is 1.55. The zero-order valence-corrected chi connectivity index (χ0v) is 24.8. The van der Waals surface area contributed by atoms with E-state index in [4.69, 9.17) is 0 Å². The Morgan fingerprint density at radius 2 is 1.61 bits per heavy atom. The van der Waals surface area contributed by atoms with Crippen molar-refractivity contribution in [1.29, 1.82) is 0 Å². The van der Waals surface area contributed by atoms with Gasteiger partial charge in [0.2, 0.25) is 11.8 Å². The number of aliphatic hydroxyl groups is 1. The molecule has 0 spiro atoms. The molecule has 0 aliphatic heterocycles. The van der Waals surface area contributed by atoms with E-state index in [0.29, 0.717) is 12.3 Å². The molecule has 0 aliphatic rings. The van der Waals surface area contributed by atoms with Gasteiger partial charge in [0.05, 0.1) is 12.6 Å². The van der Waals surface area contributed by atoms with Crippen molar-refractivity contribution in [1.82, 2.24) is 5.32 Å². The van der Waals surface area contributed by atoms with E-state index in [2.05, 4.69) is 42.9 Å². The molecule has 0 aromatic heterocycles. The van der Waals surface area contributed by atoms with E-state index in [1.54, 1.807) is 11.8 Å². The molecular formula is C24H40Br2N2O4S. The van der Waals surface area contributed by atoms with Crippen LogP contribution < -0.4 is 11.1 Å². The Bertz CT molecular complexity index is 718. The SMILES string of the molecule is CC.CC(N)=O.CSCCC(C)C(=O)NC(CC(C)C)C(=O)Cc1c(Br)cc(CO)cc1Br. The largest absolute Gasteiger partial charge is 0.392 e. The van der Waals surface area contributed by atoms with E-state index in [1.807, 2.05) is 53.0 Å². The zero-order valence-electron chi connectivity index (χ0n) is 20.8. The van der Waals surface area contributed by atoms with Crippen LogP contribution in [0.25, 0.3) is 0 Å². The first kappa shape index (κ1) is 34.3. The van der Waals surface area contributed by atoms with Crippen LogP contribution in [0.3, 0.4) is 0 Å². The molecule has 2 atom stereocenters. The molecule has 0 saturated heterocycles. The fourth-order valence-electron chi connectivity index (χ4n) is 2.70. The molecule has 0 bridgehead atoms. The standard InChI is InChI=1S/C20H29Br2NO3S.C2H5NO.C2H6/c1-12(2)7-18(23-20(26)13(3)5-6-27-4)19(25)10-15-16(21)8-14(11-24)9-17(15)22;1-2(3)4;1-2/h8-9,12-13,18,24H,5-7,10-11H2,1-4H3,(H,23,26);1H3,(H2,3,4);1-2H3. The van der Waals surface area contributed by atoms with Crippen molar-refractivity contribution in [3.63, 3.8) is 0 Å². The number of rotatable bonds is 11. The number of primary amides is 1. The van der Waals surface area contributed by atoms with Crippen molar-refractivity contribution in [2.24, 2.45) is 17.6 Å². The lowest BCUT2D eigenvalue weighted by atomic mass is 9.95. The number of amides is 2. The number of carbonyl (C=O) groups excluding carboxylic acids is 3. The van der Waals surface area contributed by atoms with Crippen molar-refractivity contribution in [2.45, 2.75) is 73.5 Å². The summed E-state index contributed by atoms with van der Waals surface area (Å²) in [5, 5.41) is 12.3. The van der Waals surface area contributed by atoms with Crippen LogP contribution in [0.1, 0.15) is 65.5 Å². The molecule has 2 amide bonds. The van der Waals surface area contributed by atoms with Gasteiger partial charge in [-0.05, 0) is 54.0 Å². The molecule has 6 nitrogen and oxygen atoms in total. The number of aliphatic hydroxyl groups excluding tert-OH is 1. The minimum atomic E-state index is -0.495. The molecule has 0 saturated carbocycles. The number of carbonyl (C=O) groups is 3. The van der Waals surface area contributed by atoms with Gasteiger partial charge in [-0.15, -0.1) is 0 Å². The van der Waals surface area contributed by atoms with Gasteiger partial charge < -0.3 is 16.2 Å². The molecule has 0 aliphatic carbocycles. The number of hydrogen-bond acceptors (Lipinski definition) is 5. The second-order valence-corrected chi connectivity index (χ2v) is 10.5. The van der Waals surface area contributed by atoms with Crippen LogP contribution >= 0.6 is 43.6 Å². The molecular weight excluding hydrogens is 572 g/mol. The Morgan fingerprint density at radius 1 is 1.12 bits per heavy atom. The lowest BCUT2D eigenvalue weighted by molar-refractivity contribution is -0.130. The van der Waals surface area contributed by atoms with Gasteiger partial charge in [-0.3, -0.25) is 14.4 Å². The molecule has 1 aromatic rings. The van der Waals surface area contributed by atoms with Crippen LogP contribution in [0, 0.1) is 11.8 Å². The van der Waals surface area contributed by atoms with E-state index in [-0.39, 0.29) is 36.5 Å². The zero-order chi connectivity index (χ0) is 26.1. The molecule has 1 aromatic carbocycles. The van der Waals surface area contributed by atoms with Gasteiger partial charge >= 0.3 is 0 Å². The van der Waals surface area contributed by atoms with Gasteiger partial charge in [-0.25, -0.2) is 0 Å². The van der Waals surface area contributed by atoms with E-state index in [9.17, 15) is 19.5 Å².